The van der Waals surface area contributed by atoms with Gasteiger partial charge in [0.1, 0.15) is 30.4 Å². The van der Waals surface area contributed by atoms with Gasteiger partial charge >= 0.3 is 6.09 Å². The van der Waals surface area contributed by atoms with Gasteiger partial charge in [-0.25, -0.2) is 9.68 Å². The highest BCUT2D eigenvalue weighted by molar-refractivity contribution is 5.97. The lowest BCUT2D eigenvalue weighted by Crippen LogP contribution is -2.60. The first-order valence-electron chi connectivity index (χ1n) is 30.3. The maximum absolute atomic E-state index is 14.6. The zero-order chi connectivity index (χ0) is 78.7. The maximum atomic E-state index is 14.6. The van der Waals surface area contributed by atoms with Crippen LogP contribution in [0.3, 0.4) is 0 Å². The van der Waals surface area contributed by atoms with E-state index in [2.05, 4.69) is 253 Å². The number of likely N-dealkylation sites (tertiary alicyclic amines) is 1. The number of hydrogen-bond donors (Lipinski definition) is 8. The summed E-state index contributed by atoms with van der Waals surface area (Å²) < 4.78 is 0. The van der Waals surface area contributed by atoms with Gasteiger partial charge in [0.15, 0.2) is 5.78 Å². The molecule has 108 heavy (non-hydrogen) atoms. The monoisotopic (exact) mass is 1600 g/mol. The number of nitrogens with zero attached hydrogens (tertiary/aromatic N) is 1. The molecule has 622 valence electrons. The number of hydrogen-bond acceptors (Lipinski definition) is 55. The molecule has 1 fully saturated rings. The van der Waals surface area contributed by atoms with E-state index in [0.29, 0.717) is 50.6 Å². The van der Waals surface area contributed by atoms with Gasteiger partial charge in [0, 0.05) is 249 Å². The molecule has 0 bridgehead atoms. The average molecular weight is 1600 g/mol. The molecule has 0 saturated carbocycles. The van der Waals surface area contributed by atoms with Crippen molar-refractivity contribution in [2.24, 2.45) is 23.3 Å². The van der Waals surface area contributed by atoms with E-state index in [-0.39, 0.29) is 56.9 Å². The number of Topliss-reactive ketones (excluding diaryl/α,β-unsaturated/α-hetero) is 1. The Hall–Kier alpha value is -7.28. The van der Waals surface area contributed by atoms with Crippen molar-refractivity contribution < 1.29 is 265 Å². The lowest BCUT2D eigenvalue weighted by molar-refractivity contribution is -0.909. The highest BCUT2D eigenvalue weighted by Gasteiger charge is 2.40. The van der Waals surface area contributed by atoms with Gasteiger partial charge in [-0.05, 0) is 75.3 Å². The number of ketones is 1. The second kappa shape index (κ2) is 66.7. The van der Waals surface area contributed by atoms with Crippen molar-refractivity contribution in [2.75, 3.05) is 20.1 Å². The molecule has 7 unspecified atom stereocenters. The minimum atomic E-state index is -1.14. The highest BCUT2D eigenvalue weighted by Crippen LogP contribution is 2.22. The average Bonchev–Trinajstić information content (AvgIpc) is 1.63. The molecule has 7 amide bonds. The van der Waals surface area contributed by atoms with Gasteiger partial charge in [0.25, 0.3) is 0 Å². The first kappa shape index (κ1) is 96.8. The predicted molar refractivity (Wildman–Crippen MR) is 291 cm³/mol. The van der Waals surface area contributed by atoms with Gasteiger partial charge in [-0.1, -0.05) is 90.6 Å². The SMILES string of the molecule is CCCCCC(NC(=O)C(NC(=O)C(N)CC(C)C)C(C)CC)C(=O)NC(CCCCN)C(=O)N1CCCC1C(=O)NC(Cc1ccccc1)C(=O)CCC(=O)N/C=C\OOOOOOOOOOOOOOOOOOOOOOOOOOOOOOOOOOOOOOOOOOOOOC(=O)NC. The quantitative estimate of drug-likeness (QED) is 0.0178. The van der Waals surface area contributed by atoms with Gasteiger partial charge in [0.2, 0.25) is 35.4 Å². The van der Waals surface area contributed by atoms with E-state index < -0.39 is 83.6 Å². The molecule has 1 aliphatic heterocycles. The molecule has 10 N–H and O–H groups in total. The summed E-state index contributed by atoms with van der Waals surface area (Å²) in [6.45, 7) is 9.97. The van der Waals surface area contributed by atoms with Crippen molar-refractivity contribution in [3.05, 3.63) is 48.4 Å². The Morgan fingerprint density at radius 3 is 1.38 bits per heavy atom. The van der Waals surface area contributed by atoms with Crippen LogP contribution in [0.2, 0.25) is 0 Å². The fourth-order valence-corrected chi connectivity index (χ4v) is 7.82. The Bertz CT molecular complexity index is 2520. The van der Waals surface area contributed by atoms with Gasteiger partial charge in [0.05, 0.1) is 12.1 Å². The second-order valence-electron chi connectivity index (χ2n) is 19.9. The zero-order valence-corrected chi connectivity index (χ0v) is 56.7. The molecule has 0 aromatic heterocycles. The summed E-state index contributed by atoms with van der Waals surface area (Å²) in [5.74, 6) is -4.25. The summed E-state index contributed by atoms with van der Waals surface area (Å²) in [5.41, 5.74) is 12.7. The molecular formula is C46H75N9O53. The third kappa shape index (κ3) is 50.4. The summed E-state index contributed by atoms with van der Waals surface area (Å²) in [7, 11) is 1.20. The van der Waals surface area contributed by atoms with Crippen LogP contribution in [-0.4, -0.2) is 109 Å². The van der Waals surface area contributed by atoms with E-state index in [4.69, 9.17) is 11.5 Å². The summed E-state index contributed by atoms with van der Waals surface area (Å²) in [4.78, 5) is 117. The highest BCUT2D eigenvalue weighted by atomic mass is 18.0. The van der Waals surface area contributed by atoms with E-state index in [1.165, 1.54) is 11.9 Å². The lowest BCUT2D eigenvalue weighted by Gasteiger charge is -2.31. The van der Waals surface area contributed by atoms with Crippen molar-refractivity contribution in [2.45, 2.75) is 161 Å². The molecule has 0 spiro atoms. The second-order valence-corrected chi connectivity index (χ2v) is 19.9. The third-order valence-electron chi connectivity index (χ3n) is 12.5. The molecule has 2 rings (SSSR count). The molecule has 7 atom stereocenters. The largest absolute Gasteiger partial charge is 0.441 e. The normalized spacial score (nSPS) is 14.6. The Kier molecular flexibility index (Phi) is 59.8. The van der Waals surface area contributed by atoms with Crippen LogP contribution >= 0.6 is 0 Å². The fourth-order valence-electron chi connectivity index (χ4n) is 7.82. The van der Waals surface area contributed by atoms with Crippen LogP contribution in [-0.2, 0) is 266 Å². The molecule has 62 heteroatoms. The Morgan fingerprint density at radius 1 is 0.509 bits per heavy atom. The first-order valence-corrected chi connectivity index (χ1v) is 30.3. The Morgan fingerprint density at radius 2 is 0.944 bits per heavy atom. The molecular weight excluding hydrogens is 1530 g/mol. The maximum Gasteiger partial charge on any atom is 0.441 e. The van der Waals surface area contributed by atoms with Crippen LogP contribution in [0, 0.1) is 11.8 Å². The third-order valence-corrected chi connectivity index (χ3v) is 12.5. The molecule has 1 aromatic carbocycles. The Labute approximate surface area is 600 Å². The van der Waals surface area contributed by atoms with E-state index >= 15 is 0 Å². The zero-order valence-electron chi connectivity index (χ0n) is 56.7. The van der Waals surface area contributed by atoms with Crippen LogP contribution in [0.25, 0.3) is 0 Å². The van der Waals surface area contributed by atoms with Crippen LogP contribution in [0.1, 0.15) is 124 Å². The van der Waals surface area contributed by atoms with Crippen molar-refractivity contribution >= 4 is 47.3 Å². The first-order chi connectivity index (χ1) is 52.6. The van der Waals surface area contributed by atoms with Gasteiger partial charge < -0.3 is 53.2 Å². The summed E-state index contributed by atoms with van der Waals surface area (Å²) in [6, 6.07) is 2.50. The summed E-state index contributed by atoms with van der Waals surface area (Å²) in [6.07, 6.45) is 4.98. The molecule has 1 aromatic rings. The van der Waals surface area contributed by atoms with E-state index in [1.807, 2.05) is 33.0 Å². The number of unbranched alkanes of at least 4 members (excludes halogenated alkanes) is 3. The van der Waals surface area contributed by atoms with Crippen LogP contribution in [0.5, 0.6) is 0 Å². The summed E-state index contributed by atoms with van der Waals surface area (Å²) >= 11 is 0. The minimum absolute atomic E-state index is 0.0352. The number of carbonyl (C=O) groups is 8. The van der Waals surface area contributed by atoms with Gasteiger partial charge in [-0.2, -0.15) is 0 Å². The van der Waals surface area contributed by atoms with Crippen LogP contribution < -0.4 is 43.4 Å². The van der Waals surface area contributed by atoms with Crippen molar-refractivity contribution in [3.8, 4) is 0 Å². The fraction of sp³-hybridized carbons (Fsp3) is 0.652. The molecule has 0 aliphatic carbocycles. The standard InChI is InChI=1S/C46H75N9O53/c1-7-9-11-19-34(51-44(61)40(31(5)8-2)54-41(58)33(48)28-30(3)4)42(59)52-35(20-14-15-24-47)45(62)55-26-16-21-37(55)43(60)53-36(29-32-17-12-10-13-18-32)38(56)22-23-39(57)50-25-27-64-66-68-70-72-74-76-78-80-82-84-86-88-90-92-94-96-98-100-102-104-106-108-107-105-103-101-99-97-95-93-91-89-87-85-83-81-79-77-75-73-71-69-67-65-46(63)49-6/h10,12-13,17-18,25,27,30-31,33-37,40H,7-9,11,14-16,19-24,26,28-29,47-48H2,1-6H3,(H,49,63)(H,50,57)(H,51,61)(H,52,59)(H,53,60)(H,54,58)/b27-25-. The van der Waals surface area contributed by atoms with E-state index in [9.17, 15) is 38.4 Å². The number of nitrogens with two attached hydrogens (primary N) is 2. The Balaban J connectivity index is 1.55. The number of nitrogens with one attached hydrogen (secondary N) is 6. The molecule has 62 nitrogen and oxygen atoms in total. The van der Waals surface area contributed by atoms with Crippen molar-refractivity contribution in [1.29, 1.82) is 0 Å². The molecule has 1 heterocycles. The number of carbonyl (C=O) groups excluding carboxylic acids is 8. The van der Waals surface area contributed by atoms with Gasteiger partial charge in [-0.3, -0.25) is 33.6 Å². The number of benzene rings is 1. The van der Waals surface area contributed by atoms with Crippen molar-refractivity contribution in [3.63, 3.8) is 0 Å². The predicted octanol–water partition coefficient (Wildman–Crippen LogP) is -0.429. The molecule has 0 radical (unpaired) electrons. The summed E-state index contributed by atoms with van der Waals surface area (Å²) in [5, 5.41) is 170. The van der Waals surface area contributed by atoms with Crippen LogP contribution in [0.4, 0.5) is 4.79 Å². The lowest BCUT2D eigenvalue weighted by atomic mass is 9.96. The molecule has 1 aliphatic rings. The van der Waals surface area contributed by atoms with Crippen molar-refractivity contribution in [1.82, 2.24) is 36.8 Å². The van der Waals surface area contributed by atoms with Gasteiger partial charge in [-0.15, -0.1) is 0 Å². The smallest absolute Gasteiger partial charge is 0.344 e. The minimum Gasteiger partial charge on any atom is -0.344 e. The van der Waals surface area contributed by atoms with E-state index in [1.54, 1.807) is 37.3 Å². The topological polar surface area (TPSA) is 679 Å². The van der Waals surface area contributed by atoms with Crippen LogP contribution in [0.15, 0.2) is 42.8 Å². The van der Waals surface area contributed by atoms with E-state index in [0.717, 1.165) is 25.3 Å². The number of amides is 7. The molecule has 1 saturated heterocycles. The number of rotatable bonds is 73.